The molecule has 1 saturated heterocycles. The number of nitrogens with zero attached hydrogens (tertiary/aromatic N) is 1. The molecule has 1 aliphatic heterocycles. The summed E-state index contributed by atoms with van der Waals surface area (Å²) in [5.41, 5.74) is -0.454. The SMILES string of the molecule is CC(C)(C)OC(=O)N1CC2C[C@H]2[C@H]1CO. The molecule has 0 radical (unpaired) electrons. The molecule has 3 atom stereocenters. The number of piperidine rings is 1. The van der Waals surface area contributed by atoms with Gasteiger partial charge in [-0.2, -0.15) is 0 Å². The van der Waals surface area contributed by atoms with Gasteiger partial charge in [0.1, 0.15) is 5.60 Å². The van der Waals surface area contributed by atoms with Gasteiger partial charge < -0.3 is 14.7 Å². The molecular weight excluding hydrogens is 194 g/mol. The molecule has 1 unspecified atom stereocenters. The van der Waals surface area contributed by atoms with Crippen molar-refractivity contribution < 1.29 is 14.6 Å². The Balaban J connectivity index is 1.96. The number of hydrogen-bond acceptors (Lipinski definition) is 3. The normalized spacial score (nSPS) is 33.9. The summed E-state index contributed by atoms with van der Waals surface area (Å²) >= 11 is 0. The number of aliphatic hydroxyl groups is 1. The van der Waals surface area contributed by atoms with E-state index < -0.39 is 5.60 Å². The van der Waals surface area contributed by atoms with Gasteiger partial charge in [0.2, 0.25) is 0 Å². The van der Waals surface area contributed by atoms with Crippen molar-refractivity contribution in [2.24, 2.45) is 11.8 Å². The second kappa shape index (κ2) is 3.37. The molecule has 1 aliphatic carbocycles. The van der Waals surface area contributed by atoms with Gasteiger partial charge in [-0.3, -0.25) is 0 Å². The van der Waals surface area contributed by atoms with E-state index in [2.05, 4.69) is 0 Å². The molecule has 0 aromatic heterocycles. The highest BCUT2D eigenvalue weighted by Crippen LogP contribution is 2.49. The van der Waals surface area contributed by atoms with Crippen LogP contribution in [0.1, 0.15) is 27.2 Å². The van der Waals surface area contributed by atoms with Gasteiger partial charge in [-0.1, -0.05) is 0 Å². The summed E-state index contributed by atoms with van der Waals surface area (Å²) in [6, 6.07) is -0.00940. The van der Waals surface area contributed by atoms with Crippen LogP contribution in [0.2, 0.25) is 0 Å². The van der Waals surface area contributed by atoms with E-state index in [9.17, 15) is 9.90 Å². The Kier molecular flexibility index (Phi) is 2.41. The van der Waals surface area contributed by atoms with Crippen LogP contribution in [0.4, 0.5) is 4.79 Å². The van der Waals surface area contributed by atoms with Gasteiger partial charge in [-0.05, 0) is 39.0 Å². The van der Waals surface area contributed by atoms with Gasteiger partial charge in [-0.15, -0.1) is 0 Å². The van der Waals surface area contributed by atoms with Crippen LogP contribution in [0, 0.1) is 11.8 Å². The fourth-order valence-electron chi connectivity index (χ4n) is 2.34. The molecule has 1 heterocycles. The van der Waals surface area contributed by atoms with Crippen molar-refractivity contribution in [3.63, 3.8) is 0 Å². The van der Waals surface area contributed by atoms with Crippen LogP contribution in [0.5, 0.6) is 0 Å². The maximum atomic E-state index is 11.8. The van der Waals surface area contributed by atoms with E-state index in [1.54, 1.807) is 4.90 Å². The molecule has 0 aromatic rings. The standard InChI is InChI=1S/C11H19NO3/c1-11(2,3)15-10(14)12-5-7-4-8(7)9(12)6-13/h7-9,13H,4-6H2,1-3H3/t7?,8-,9-/m1/s1. The van der Waals surface area contributed by atoms with E-state index in [-0.39, 0.29) is 18.7 Å². The first-order valence-corrected chi connectivity index (χ1v) is 5.53. The molecule has 0 spiro atoms. The lowest BCUT2D eigenvalue weighted by molar-refractivity contribution is 0.0133. The topological polar surface area (TPSA) is 49.8 Å². The summed E-state index contributed by atoms with van der Waals surface area (Å²) in [5.74, 6) is 1.12. The van der Waals surface area contributed by atoms with Crippen LogP contribution >= 0.6 is 0 Å². The van der Waals surface area contributed by atoms with E-state index in [1.165, 1.54) is 0 Å². The van der Waals surface area contributed by atoms with Crippen molar-refractivity contribution in [1.29, 1.82) is 0 Å². The maximum Gasteiger partial charge on any atom is 0.410 e. The lowest BCUT2D eigenvalue weighted by atomic mass is 10.2. The Morgan fingerprint density at radius 2 is 2.20 bits per heavy atom. The summed E-state index contributed by atoms with van der Waals surface area (Å²) in [6.07, 6.45) is 0.874. The lowest BCUT2D eigenvalue weighted by Crippen LogP contribution is -2.43. The van der Waals surface area contributed by atoms with Crippen LogP contribution in [-0.4, -0.2) is 40.9 Å². The zero-order chi connectivity index (χ0) is 11.2. The summed E-state index contributed by atoms with van der Waals surface area (Å²) in [5, 5.41) is 9.23. The van der Waals surface area contributed by atoms with Crippen LogP contribution < -0.4 is 0 Å². The molecule has 2 aliphatic rings. The molecule has 86 valence electrons. The molecule has 1 saturated carbocycles. The smallest absolute Gasteiger partial charge is 0.410 e. The molecule has 2 rings (SSSR count). The van der Waals surface area contributed by atoms with Crippen LogP contribution in [0.3, 0.4) is 0 Å². The van der Waals surface area contributed by atoms with Crippen LogP contribution in [0.15, 0.2) is 0 Å². The molecule has 4 nitrogen and oxygen atoms in total. The third kappa shape index (κ3) is 2.09. The molecule has 2 fully saturated rings. The minimum absolute atomic E-state index is 0.00940. The fraction of sp³-hybridized carbons (Fsp3) is 0.909. The van der Waals surface area contributed by atoms with Crippen molar-refractivity contribution in [2.75, 3.05) is 13.2 Å². The number of carbonyl (C=O) groups excluding carboxylic acids is 1. The minimum atomic E-state index is -0.454. The van der Waals surface area contributed by atoms with Gasteiger partial charge in [0.15, 0.2) is 0 Å². The molecule has 0 bridgehead atoms. The van der Waals surface area contributed by atoms with Crippen LogP contribution in [-0.2, 0) is 4.74 Å². The Hall–Kier alpha value is -0.770. The van der Waals surface area contributed by atoms with Crippen molar-refractivity contribution in [2.45, 2.75) is 38.8 Å². The molecule has 0 aromatic carbocycles. The highest BCUT2D eigenvalue weighted by molar-refractivity contribution is 5.69. The quantitative estimate of drug-likeness (QED) is 0.712. The Morgan fingerprint density at radius 3 is 2.73 bits per heavy atom. The summed E-state index contributed by atoms with van der Waals surface area (Å²) in [7, 11) is 0. The third-order valence-corrected chi connectivity index (χ3v) is 3.12. The van der Waals surface area contributed by atoms with Crippen LogP contribution in [0.25, 0.3) is 0 Å². The molecule has 4 heteroatoms. The number of hydrogen-bond donors (Lipinski definition) is 1. The van der Waals surface area contributed by atoms with E-state index >= 15 is 0 Å². The average molecular weight is 213 g/mol. The number of aliphatic hydroxyl groups excluding tert-OH is 1. The number of likely N-dealkylation sites (tertiary alicyclic amines) is 1. The van der Waals surface area contributed by atoms with Crippen molar-refractivity contribution >= 4 is 6.09 Å². The number of amides is 1. The predicted molar refractivity (Wildman–Crippen MR) is 55.4 cm³/mol. The second-order valence-electron chi connectivity index (χ2n) is 5.54. The van der Waals surface area contributed by atoms with Crippen molar-refractivity contribution in [1.82, 2.24) is 4.90 Å². The minimum Gasteiger partial charge on any atom is -0.444 e. The average Bonchev–Trinajstić information content (AvgIpc) is 2.75. The zero-order valence-electron chi connectivity index (χ0n) is 9.56. The number of carbonyl (C=O) groups is 1. The number of ether oxygens (including phenoxy) is 1. The van der Waals surface area contributed by atoms with Gasteiger partial charge in [0.25, 0.3) is 0 Å². The van der Waals surface area contributed by atoms with E-state index in [4.69, 9.17) is 4.74 Å². The lowest BCUT2D eigenvalue weighted by Gasteiger charge is -2.29. The second-order valence-corrected chi connectivity index (χ2v) is 5.54. The Labute approximate surface area is 90.2 Å². The van der Waals surface area contributed by atoms with Gasteiger partial charge >= 0.3 is 6.09 Å². The first kappa shape index (κ1) is 10.7. The molecule has 1 amide bonds. The summed E-state index contributed by atoms with van der Waals surface area (Å²) < 4.78 is 5.30. The zero-order valence-corrected chi connectivity index (χ0v) is 9.56. The molecule has 1 N–H and O–H groups in total. The van der Waals surface area contributed by atoms with Gasteiger partial charge in [0, 0.05) is 6.54 Å². The maximum absolute atomic E-state index is 11.8. The summed E-state index contributed by atoms with van der Waals surface area (Å²) in [6.45, 7) is 6.38. The van der Waals surface area contributed by atoms with Crippen molar-refractivity contribution in [3.8, 4) is 0 Å². The first-order chi connectivity index (χ1) is 6.92. The van der Waals surface area contributed by atoms with Gasteiger partial charge in [0.05, 0.1) is 12.6 Å². The number of fused-ring (bicyclic) bond motifs is 1. The first-order valence-electron chi connectivity index (χ1n) is 5.53. The third-order valence-electron chi connectivity index (χ3n) is 3.12. The highest BCUT2D eigenvalue weighted by atomic mass is 16.6. The Bertz CT molecular complexity index is 271. The van der Waals surface area contributed by atoms with Crippen molar-refractivity contribution in [3.05, 3.63) is 0 Å². The van der Waals surface area contributed by atoms with E-state index in [0.29, 0.717) is 11.8 Å². The van der Waals surface area contributed by atoms with Gasteiger partial charge in [-0.25, -0.2) is 4.79 Å². The van der Waals surface area contributed by atoms with E-state index in [0.717, 1.165) is 13.0 Å². The Morgan fingerprint density at radius 1 is 1.53 bits per heavy atom. The molecule has 15 heavy (non-hydrogen) atoms. The largest absolute Gasteiger partial charge is 0.444 e. The predicted octanol–water partition coefficient (Wildman–Crippen LogP) is 1.23. The summed E-state index contributed by atoms with van der Waals surface area (Å²) in [4.78, 5) is 13.5. The highest BCUT2D eigenvalue weighted by Gasteiger charge is 2.54. The van der Waals surface area contributed by atoms with E-state index in [1.807, 2.05) is 20.8 Å². The number of rotatable bonds is 1. The monoisotopic (exact) mass is 213 g/mol. The fourth-order valence-corrected chi connectivity index (χ4v) is 2.34. The molecular formula is C11H19NO3.